The number of rotatable bonds is 7. The van der Waals surface area contributed by atoms with E-state index in [4.69, 9.17) is 6.42 Å². The molecule has 1 aromatic carbocycles. The van der Waals surface area contributed by atoms with Crippen molar-refractivity contribution in [2.24, 2.45) is 0 Å². The maximum Gasteiger partial charge on any atom is 0.234 e. The SMILES string of the molecule is C#CCCN(C)CC(=O)NCCc1ccc(F)cc1. The van der Waals surface area contributed by atoms with Crippen LogP contribution in [-0.2, 0) is 11.2 Å². The van der Waals surface area contributed by atoms with Gasteiger partial charge in [0.1, 0.15) is 5.82 Å². The third-order valence-electron chi connectivity index (χ3n) is 2.70. The maximum absolute atomic E-state index is 12.7. The second kappa shape index (κ2) is 8.28. The molecule has 1 rings (SSSR count). The summed E-state index contributed by atoms with van der Waals surface area (Å²) in [7, 11) is 1.86. The molecule has 0 saturated carbocycles. The molecule has 0 aliphatic rings. The van der Waals surface area contributed by atoms with Gasteiger partial charge in [0.25, 0.3) is 0 Å². The van der Waals surface area contributed by atoms with E-state index in [0.29, 0.717) is 32.5 Å². The van der Waals surface area contributed by atoms with Gasteiger partial charge in [-0.05, 0) is 31.2 Å². The number of amides is 1. The van der Waals surface area contributed by atoms with Gasteiger partial charge in [0, 0.05) is 19.5 Å². The molecule has 4 heteroatoms. The fourth-order valence-corrected chi connectivity index (χ4v) is 1.63. The van der Waals surface area contributed by atoms with Gasteiger partial charge >= 0.3 is 0 Å². The average molecular weight is 262 g/mol. The number of halogens is 1. The maximum atomic E-state index is 12.7. The van der Waals surface area contributed by atoms with Crippen LogP contribution in [0.2, 0.25) is 0 Å². The third kappa shape index (κ3) is 6.58. The smallest absolute Gasteiger partial charge is 0.234 e. The minimum Gasteiger partial charge on any atom is -0.355 e. The minimum absolute atomic E-state index is 0.0263. The molecule has 0 aromatic heterocycles. The van der Waals surface area contributed by atoms with Crippen molar-refractivity contribution < 1.29 is 9.18 Å². The van der Waals surface area contributed by atoms with Gasteiger partial charge in [-0.25, -0.2) is 4.39 Å². The number of hydrogen-bond acceptors (Lipinski definition) is 2. The van der Waals surface area contributed by atoms with Crippen LogP contribution in [0.25, 0.3) is 0 Å². The van der Waals surface area contributed by atoms with Crippen LogP contribution in [0.4, 0.5) is 4.39 Å². The van der Waals surface area contributed by atoms with E-state index in [-0.39, 0.29) is 11.7 Å². The van der Waals surface area contributed by atoms with E-state index in [2.05, 4.69) is 11.2 Å². The van der Waals surface area contributed by atoms with E-state index in [1.165, 1.54) is 12.1 Å². The van der Waals surface area contributed by atoms with Gasteiger partial charge in [-0.1, -0.05) is 12.1 Å². The summed E-state index contributed by atoms with van der Waals surface area (Å²) in [6, 6.07) is 6.29. The largest absolute Gasteiger partial charge is 0.355 e. The molecule has 1 amide bonds. The van der Waals surface area contributed by atoms with Crippen LogP contribution in [0.5, 0.6) is 0 Å². The molecule has 102 valence electrons. The molecular weight excluding hydrogens is 243 g/mol. The third-order valence-corrected chi connectivity index (χ3v) is 2.70. The van der Waals surface area contributed by atoms with Crippen LogP contribution in [0.1, 0.15) is 12.0 Å². The van der Waals surface area contributed by atoms with E-state index >= 15 is 0 Å². The Bertz CT molecular complexity index is 436. The van der Waals surface area contributed by atoms with E-state index < -0.39 is 0 Å². The van der Waals surface area contributed by atoms with Crippen LogP contribution in [0.15, 0.2) is 24.3 Å². The quantitative estimate of drug-likeness (QED) is 0.754. The Balaban J connectivity index is 2.20. The first-order chi connectivity index (χ1) is 9.11. The van der Waals surface area contributed by atoms with Gasteiger partial charge in [0.2, 0.25) is 5.91 Å². The highest BCUT2D eigenvalue weighted by Gasteiger charge is 2.05. The molecular formula is C15H19FN2O. The summed E-state index contributed by atoms with van der Waals surface area (Å²) in [5.41, 5.74) is 1.00. The summed E-state index contributed by atoms with van der Waals surface area (Å²) >= 11 is 0. The van der Waals surface area contributed by atoms with Crippen LogP contribution < -0.4 is 5.32 Å². The standard InChI is InChI=1S/C15H19FN2O/c1-3-4-11-18(2)12-15(19)17-10-9-13-5-7-14(16)8-6-13/h1,5-8H,4,9-12H2,2H3,(H,17,19). The number of nitrogens with one attached hydrogen (secondary N) is 1. The molecule has 0 atom stereocenters. The van der Waals surface area contributed by atoms with E-state index in [9.17, 15) is 9.18 Å². The number of likely N-dealkylation sites (N-methyl/N-ethyl adjacent to an activating group) is 1. The van der Waals surface area contributed by atoms with Crippen molar-refractivity contribution in [3.63, 3.8) is 0 Å². The molecule has 0 bridgehead atoms. The zero-order valence-corrected chi connectivity index (χ0v) is 11.2. The number of benzene rings is 1. The molecule has 1 aromatic rings. The van der Waals surface area contributed by atoms with E-state index in [1.807, 2.05) is 11.9 Å². The predicted octanol–water partition coefficient (Wildman–Crippen LogP) is 1.44. The fourth-order valence-electron chi connectivity index (χ4n) is 1.63. The molecule has 0 unspecified atom stereocenters. The first-order valence-corrected chi connectivity index (χ1v) is 6.25. The summed E-state index contributed by atoms with van der Waals surface area (Å²) in [4.78, 5) is 13.5. The molecule has 0 spiro atoms. The summed E-state index contributed by atoms with van der Waals surface area (Å²) in [6.07, 6.45) is 6.49. The zero-order chi connectivity index (χ0) is 14.1. The monoisotopic (exact) mass is 262 g/mol. The molecule has 0 aliphatic carbocycles. The van der Waals surface area contributed by atoms with Crippen molar-refractivity contribution in [3.05, 3.63) is 35.6 Å². The first-order valence-electron chi connectivity index (χ1n) is 6.25. The van der Waals surface area contributed by atoms with Crippen LogP contribution >= 0.6 is 0 Å². The molecule has 0 saturated heterocycles. The Kier molecular flexibility index (Phi) is 6.62. The molecule has 0 radical (unpaired) electrons. The lowest BCUT2D eigenvalue weighted by Crippen LogP contribution is -2.36. The van der Waals surface area contributed by atoms with Crippen molar-refractivity contribution in [3.8, 4) is 12.3 Å². The zero-order valence-electron chi connectivity index (χ0n) is 11.2. The highest BCUT2D eigenvalue weighted by molar-refractivity contribution is 5.77. The number of carbonyl (C=O) groups excluding carboxylic acids is 1. The van der Waals surface area contributed by atoms with Crippen molar-refractivity contribution in [1.82, 2.24) is 10.2 Å². The van der Waals surface area contributed by atoms with E-state index in [0.717, 1.165) is 5.56 Å². The number of hydrogen-bond donors (Lipinski definition) is 1. The van der Waals surface area contributed by atoms with Gasteiger partial charge in [-0.3, -0.25) is 9.69 Å². The van der Waals surface area contributed by atoms with Gasteiger partial charge in [-0.15, -0.1) is 12.3 Å². The molecule has 3 nitrogen and oxygen atoms in total. The van der Waals surface area contributed by atoms with Crippen LogP contribution in [0.3, 0.4) is 0 Å². The average Bonchev–Trinajstić information content (AvgIpc) is 2.38. The van der Waals surface area contributed by atoms with Gasteiger partial charge < -0.3 is 5.32 Å². The Labute approximate surface area is 113 Å². The van der Waals surface area contributed by atoms with E-state index in [1.54, 1.807) is 12.1 Å². The molecule has 0 aliphatic heterocycles. The second-order valence-electron chi connectivity index (χ2n) is 4.42. The fraction of sp³-hybridized carbons (Fsp3) is 0.400. The van der Waals surface area contributed by atoms with Crippen molar-refractivity contribution >= 4 is 5.91 Å². The molecule has 0 fully saturated rings. The highest BCUT2D eigenvalue weighted by atomic mass is 19.1. The van der Waals surface area contributed by atoms with Crippen LogP contribution in [0, 0.1) is 18.2 Å². The second-order valence-corrected chi connectivity index (χ2v) is 4.42. The Morgan fingerprint density at radius 3 is 2.74 bits per heavy atom. The van der Waals surface area contributed by atoms with Gasteiger partial charge in [-0.2, -0.15) is 0 Å². The summed E-state index contributed by atoms with van der Waals surface area (Å²) < 4.78 is 12.7. The predicted molar refractivity (Wildman–Crippen MR) is 74.1 cm³/mol. The first kappa shape index (κ1) is 15.2. The normalized spacial score (nSPS) is 10.2. The lowest BCUT2D eigenvalue weighted by atomic mass is 10.1. The minimum atomic E-state index is -0.247. The Morgan fingerprint density at radius 1 is 1.42 bits per heavy atom. The lowest BCUT2D eigenvalue weighted by Gasteiger charge is -2.14. The number of nitrogens with zero attached hydrogens (tertiary/aromatic N) is 1. The Hall–Kier alpha value is -1.86. The summed E-state index contributed by atoms with van der Waals surface area (Å²) in [5, 5.41) is 2.83. The number of carbonyl (C=O) groups is 1. The van der Waals surface area contributed by atoms with Gasteiger partial charge in [0.15, 0.2) is 0 Å². The summed E-state index contributed by atoms with van der Waals surface area (Å²) in [5.74, 6) is 2.26. The Morgan fingerprint density at radius 2 is 2.11 bits per heavy atom. The van der Waals surface area contributed by atoms with Crippen molar-refractivity contribution in [1.29, 1.82) is 0 Å². The molecule has 1 N–H and O–H groups in total. The highest BCUT2D eigenvalue weighted by Crippen LogP contribution is 2.02. The topological polar surface area (TPSA) is 32.3 Å². The van der Waals surface area contributed by atoms with Crippen molar-refractivity contribution in [2.75, 3.05) is 26.7 Å². The molecule has 19 heavy (non-hydrogen) atoms. The van der Waals surface area contributed by atoms with Crippen LogP contribution in [-0.4, -0.2) is 37.5 Å². The lowest BCUT2D eigenvalue weighted by molar-refractivity contribution is -0.121. The molecule has 0 heterocycles. The van der Waals surface area contributed by atoms with Crippen molar-refractivity contribution in [2.45, 2.75) is 12.8 Å². The number of terminal acetylenes is 1. The van der Waals surface area contributed by atoms with Gasteiger partial charge in [0.05, 0.1) is 6.54 Å². The summed E-state index contributed by atoms with van der Waals surface area (Å²) in [6.45, 7) is 1.60.